The number of aryl methyl sites for hydroxylation is 2. The molecule has 0 radical (unpaired) electrons. The number of carbonyl (C=O) groups excluding carboxylic acids is 1. The molecule has 2 aromatic carbocycles. The maximum atomic E-state index is 13.2. The fraction of sp³-hybridized carbons (Fsp3) is 0.0909. The van der Waals surface area contributed by atoms with Crippen molar-refractivity contribution in [3.05, 3.63) is 85.2 Å². The summed E-state index contributed by atoms with van der Waals surface area (Å²) >= 11 is 7.22. The van der Waals surface area contributed by atoms with E-state index in [0.29, 0.717) is 26.4 Å². The molecule has 0 spiro atoms. The summed E-state index contributed by atoms with van der Waals surface area (Å²) in [6.45, 7) is 3.86. The van der Waals surface area contributed by atoms with Gasteiger partial charge < -0.3 is 9.15 Å². The van der Waals surface area contributed by atoms with E-state index in [2.05, 4.69) is 0 Å². The van der Waals surface area contributed by atoms with E-state index in [9.17, 15) is 9.59 Å². The summed E-state index contributed by atoms with van der Waals surface area (Å²) in [7, 11) is 0. The van der Waals surface area contributed by atoms with Crippen LogP contribution < -0.4 is 10.2 Å². The highest BCUT2D eigenvalue weighted by molar-refractivity contribution is 7.12. The molecule has 0 aliphatic heterocycles. The van der Waals surface area contributed by atoms with Crippen LogP contribution in [0.5, 0.6) is 5.75 Å². The molecule has 0 bridgehead atoms. The summed E-state index contributed by atoms with van der Waals surface area (Å²) in [5.41, 5.74) is 2.60. The van der Waals surface area contributed by atoms with Crippen molar-refractivity contribution >= 4 is 39.9 Å². The van der Waals surface area contributed by atoms with Crippen molar-refractivity contribution < 1.29 is 13.9 Å². The SMILES string of the molecule is Cc1cc2oc(-c3ccc(Cl)cc3)c(OC(=O)c3cccs3)c(=O)c2cc1C. The van der Waals surface area contributed by atoms with Crippen LogP contribution in [0.1, 0.15) is 20.8 Å². The molecule has 2 aromatic heterocycles. The van der Waals surface area contributed by atoms with Gasteiger partial charge in [0.1, 0.15) is 10.5 Å². The summed E-state index contributed by atoms with van der Waals surface area (Å²) in [6.07, 6.45) is 0. The molecular formula is C22H15ClO4S. The first-order chi connectivity index (χ1) is 13.4. The predicted molar refractivity (Wildman–Crippen MR) is 112 cm³/mol. The van der Waals surface area contributed by atoms with Crippen LogP contribution in [-0.4, -0.2) is 5.97 Å². The Balaban J connectivity index is 1.96. The molecule has 4 nitrogen and oxygen atoms in total. The smallest absolute Gasteiger partial charge is 0.353 e. The third-order valence-corrected chi connectivity index (χ3v) is 5.59. The lowest BCUT2D eigenvalue weighted by Crippen LogP contribution is -2.15. The van der Waals surface area contributed by atoms with Crippen LogP contribution in [0.3, 0.4) is 0 Å². The van der Waals surface area contributed by atoms with E-state index >= 15 is 0 Å². The van der Waals surface area contributed by atoms with Crippen molar-refractivity contribution in [2.75, 3.05) is 0 Å². The molecule has 0 saturated heterocycles. The second-order valence-electron chi connectivity index (χ2n) is 6.40. The van der Waals surface area contributed by atoms with Gasteiger partial charge in [0.2, 0.25) is 11.2 Å². The van der Waals surface area contributed by atoms with Gasteiger partial charge >= 0.3 is 5.97 Å². The number of hydrogen-bond acceptors (Lipinski definition) is 5. The Labute approximate surface area is 170 Å². The molecule has 2 heterocycles. The molecular weight excluding hydrogens is 396 g/mol. The highest BCUT2D eigenvalue weighted by Crippen LogP contribution is 2.33. The van der Waals surface area contributed by atoms with E-state index < -0.39 is 5.97 Å². The van der Waals surface area contributed by atoms with E-state index in [0.717, 1.165) is 11.1 Å². The average molecular weight is 411 g/mol. The number of carbonyl (C=O) groups is 1. The number of halogens is 1. The number of benzene rings is 2. The number of esters is 1. The van der Waals surface area contributed by atoms with Crippen molar-refractivity contribution in [1.29, 1.82) is 0 Å². The summed E-state index contributed by atoms with van der Waals surface area (Å²) in [6, 6.07) is 13.8. The molecule has 0 aliphatic rings. The van der Waals surface area contributed by atoms with Crippen LogP contribution in [0, 0.1) is 13.8 Å². The molecule has 0 N–H and O–H groups in total. The minimum atomic E-state index is -0.597. The van der Waals surface area contributed by atoms with Crippen LogP contribution in [0.25, 0.3) is 22.3 Å². The average Bonchev–Trinajstić information content (AvgIpc) is 3.21. The highest BCUT2D eigenvalue weighted by Gasteiger charge is 2.22. The van der Waals surface area contributed by atoms with Crippen LogP contribution in [0.2, 0.25) is 5.02 Å². The van der Waals surface area contributed by atoms with Crippen molar-refractivity contribution in [2.45, 2.75) is 13.8 Å². The number of ether oxygens (including phenoxy) is 1. The molecule has 0 atom stereocenters. The Hall–Kier alpha value is -2.89. The van der Waals surface area contributed by atoms with Gasteiger partial charge in [-0.15, -0.1) is 11.3 Å². The molecule has 4 aromatic rings. The van der Waals surface area contributed by atoms with E-state index in [1.165, 1.54) is 11.3 Å². The number of fused-ring (bicyclic) bond motifs is 1. The maximum absolute atomic E-state index is 13.2. The van der Waals surface area contributed by atoms with E-state index in [1.807, 2.05) is 19.9 Å². The molecule has 0 amide bonds. The minimum Gasteiger partial charge on any atom is -0.452 e. The molecule has 6 heteroatoms. The standard InChI is InChI=1S/C22H15ClO4S/c1-12-10-16-17(11-13(12)2)26-20(14-5-7-15(23)8-6-14)21(19(16)24)27-22(25)18-4-3-9-28-18/h3-11H,1-2H3. The Morgan fingerprint density at radius 1 is 1.07 bits per heavy atom. The lowest BCUT2D eigenvalue weighted by Gasteiger charge is -2.11. The zero-order valence-corrected chi connectivity index (χ0v) is 16.7. The van der Waals surface area contributed by atoms with E-state index in [4.69, 9.17) is 20.8 Å². The first-order valence-electron chi connectivity index (χ1n) is 8.53. The third-order valence-electron chi connectivity index (χ3n) is 4.49. The van der Waals surface area contributed by atoms with Gasteiger partial charge in [-0.3, -0.25) is 4.79 Å². The van der Waals surface area contributed by atoms with Gasteiger partial charge in [-0.05, 0) is 72.8 Å². The Bertz CT molecular complexity index is 1240. The Morgan fingerprint density at radius 3 is 2.46 bits per heavy atom. The Morgan fingerprint density at radius 2 is 1.79 bits per heavy atom. The molecule has 0 aliphatic carbocycles. The van der Waals surface area contributed by atoms with Crippen molar-refractivity contribution in [3.8, 4) is 17.1 Å². The van der Waals surface area contributed by atoms with Crippen LogP contribution in [0.4, 0.5) is 0 Å². The summed E-state index contributed by atoms with van der Waals surface area (Å²) < 4.78 is 11.6. The first-order valence-corrected chi connectivity index (χ1v) is 9.79. The summed E-state index contributed by atoms with van der Waals surface area (Å²) in [5.74, 6) is -0.528. The lowest BCUT2D eigenvalue weighted by atomic mass is 10.0. The highest BCUT2D eigenvalue weighted by atomic mass is 35.5. The molecule has 0 fully saturated rings. The maximum Gasteiger partial charge on any atom is 0.353 e. The van der Waals surface area contributed by atoms with Crippen LogP contribution in [0.15, 0.2) is 63.1 Å². The van der Waals surface area contributed by atoms with Crippen molar-refractivity contribution in [3.63, 3.8) is 0 Å². The fourth-order valence-electron chi connectivity index (χ4n) is 2.85. The molecule has 4 rings (SSSR count). The van der Waals surface area contributed by atoms with E-state index in [-0.39, 0.29) is 16.9 Å². The number of rotatable bonds is 3. The second-order valence-corrected chi connectivity index (χ2v) is 7.78. The normalized spacial score (nSPS) is 11.0. The van der Waals surface area contributed by atoms with Crippen LogP contribution in [-0.2, 0) is 0 Å². The van der Waals surface area contributed by atoms with Gasteiger partial charge in [0.05, 0.1) is 5.39 Å². The number of hydrogen-bond donors (Lipinski definition) is 0. The van der Waals surface area contributed by atoms with Gasteiger partial charge in [0, 0.05) is 10.6 Å². The topological polar surface area (TPSA) is 56.5 Å². The summed E-state index contributed by atoms with van der Waals surface area (Å²) in [4.78, 5) is 26.1. The molecule has 0 unspecified atom stereocenters. The lowest BCUT2D eigenvalue weighted by molar-refractivity contribution is 0.0736. The molecule has 140 valence electrons. The quantitative estimate of drug-likeness (QED) is 0.388. The fourth-order valence-corrected chi connectivity index (χ4v) is 3.58. The predicted octanol–water partition coefficient (Wildman–Crippen LogP) is 6.01. The molecule has 0 saturated carbocycles. The van der Waals surface area contributed by atoms with Gasteiger partial charge in [-0.2, -0.15) is 0 Å². The monoisotopic (exact) mass is 410 g/mol. The zero-order chi connectivity index (χ0) is 19.8. The van der Waals surface area contributed by atoms with Crippen LogP contribution >= 0.6 is 22.9 Å². The second kappa shape index (κ2) is 7.26. The zero-order valence-electron chi connectivity index (χ0n) is 15.1. The van der Waals surface area contributed by atoms with Gasteiger partial charge in [0.25, 0.3) is 0 Å². The summed E-state index contributed by atoms with van der Waals surface area (Å²) in [5, 5.41) is 2.69. The third kappa shape index (κ3) is 3.35. The largest absolute Gasteiger partial charge is 0.452 e. The Kier molecular flexibility index (Phi) is 4.79. The van der Waals surface area contributed by atoms with Gasteiger partial charge in [-0.25, -0.2) is 4.79 Å². The minimum absolute atomic E-state index is 0.128. The first kappa shape index (κ1) is 18.5. The number of thiophene rings is 1. The van der Waals surface area contributed by atoms with Gasteiger partial charge in [-0.1, -0.05) is 17.7 Å². The molecule has 28 heavy (non-hydrogen) atoms. The van der Waals surface area contributed by atoms with Crippen molar-refractivity contribution in [2.24, 2.45) is 0 Å². The van der Waals surface area contributed by atoms with E-state index in [1.54, 1.807) is 47.8 Å². The van der Waals surface area contributed by atoms with Crippen molar-refractivity contribution in [1.82, 2.24) is 0 Å². The van der Waals surface area contributed by atoms with Gasteiger partial charge in [0.15, 0.2) is 5.76 Å².